The van der Waals surface area contributed by atoms with E-state index in [2.05, 4.69) is 27.7 Å². The molecule has 0 aromatic heterocycles. The number of hydrogen-bond acceptors (Lipinski definition) is 0. The summed E-state index contributed by atoms with van der Waals surface area (Å²) >= 11 is 6.00. The lowest BCUT2D eigenvalue weighted by atomic mass is 9.77. The van der Waals surface area contributed by atoms with Gasteiger partial charge in [0.15, 0.2) is 0 Å². The molecule has 1 rings (SSSR count). The van der Waals surface area contributed by atoms with Gasteiger partial charge in [-0.05, 0) is 24.7 Å². The summed E-state index contributed by atoms with van der Waals surface area (Å²) in [6.45, 7) is 8.86. The minimum Gasteiger partial charge on any atom is -0.123 e. The molecule has 1 aliphatic rings. The smallest absolute Gasteiger partial charge is 0.0341 e. The molecule has 0 bridgehead atoms. The van der Waals surface area contributed by atoms with Gasteiger partial charge in [0.05, 0.1) is 0 Å². The molecule has 1 aliphatic carbocycles. The highest BCUT2D eigenvalue weighted by Gasteiger charge is 2.26. The van der Waals surface area contributed by atoms with Crippen molar-refractivity contribution in [2.75, 3.05) is 0 Å². The highest BCUT2D eigenvalue weighted by Crippen LogP contribution is 2.37. The Morgan fingerprint density at radius 2 is 1.83 bits per heavy atom. The van der Waals surface area contributed by atoms with Gasteiger partial charge in [-0.25, -0.2) is 0 Å². The predicted molar refractivity (Wildman–Crippen MR) is 57.9 cm³/mol. The van der Waals surface area contributed by atoms with Gasteiger partial charge in [0, 0.05) is 5.38 Å². The molecule has 0 nitrogen and oxygen atoms in total. The lowest BCUT2D eigenvalue weighted by Gasteiger charge is -2.32. The molecule has 0 unspecified atom stereocenters. The summed E-state index contributed by atoms with van der Waals surface area (Å²) in [4.78, 5) is 0. The molecule has 0 spiro atoms. The molecular formula is C11H23Cl. The largest absolute Gasteiger partial charge is 0.123 e. The summed E-state index contributed by atoms with van der Waals surface area (Å²) in [6, 6.07) is 0. The Morgan fingerprint density at radius 3 is 2.08 bits per heavy atom. The van der Waals surface area contributed by atoms with Crippen molar-refractivity contribution in [2.24, 2.45) is 5.41 Å². The van der Waals surface area contributed by atoms with Crippen LogP contribution in [0, 0.1) is 5.41 Å². The van der Waals surface area contributed by atoms with E-state index in [4.69, 9.17) is 11.6 Å². The summed E-state index contributed by atoms with van der Waals surface area (Å²) in [5.74, 6) is 0. The molecule has 1 atom stereocenters. The van der Waals surface area contributed by atoms with Gasteiger partial charge in [-0.2, -0.15) is 0 Å². The van der Waals surface area contributed by atoms with Crippen molar-refractivity contribution >= 4 is 11.6 Å². The molecule has 0 aliphatic heterocycles. The van der Waals surface area contributed by atoms with E-state index in [1.165, 1.54) is 32.1 Å². The monoisotopic (exact) mass is 190 g/mol. The van der Waals surface area contributed by atoms with Gasteiger partial charge in [-0.3, -0.25) is 0 Å². The first-order valence-corrected chi connectivity index (χ1v) is 5.59. The number of hydrogen-bond donors (Lipinski definition) is 0. The summed E-state index contributed by atoms with van der Waals surface area (Å²) in [5.41, 5.74) is 0.519. The lowest BCUT2D eigenvalue weighted by molar-refractivity contribution is 0.248. The van der Waals surface area contributed by atoms with Gasteiger partial charge >= 0.3 is 0 Å². The van der Waals surface area contributed by atoms with Crippen LogP contribution in [0.25, 0.3) is 0 Å². The molecule has 74 valence electrons. The van der Waals surface area contributed by atoms with Gasteiger partial charge in [0.1, 0.15) is 0 Å². The molecule has 0 aromatic carbocycles. The minimum absolute atomic E-state index is 0.453. The van der Waals surface area contributed by atoms with E-state index in [0.29, 0.717) is 10.8 Å². The molecule has 1 saturated carbocycles. The summed E-state index contributed by atoms with van der Waals surface area (Å²) < 4.78 is 0. The molecule has 1 heteroatoms. The van der Waals surface area contributed by atoms with Crippen LogP contribution in [0.1, 0.15) is 59.8 Å². The quantitative estimate of drug-likeness (QED) is 0.490. The SMILES string of the molecule is CC1(C)CCC[C@H](Cl)C1.CCC. The maximum atomic E-state index is 6.00. The van der Waals surface area contributed by atoms with Crippen LogP contribution < -0.4 is 0 Å². The molecular weight excluding hydrogens is 168 g/mol. The van der Waals surface area contributed by atoms with Crippen LogP contribution >= 0.6 is 11.6 Å². The number of halogens is 1. The van der Waals surface area contributed by atoms with Crippen LogP contribution in [0.4, 0.5) is 0 Å². The topological polar surface area (TPSA) is 0 Å². The van der Waals surface area contributed by atoms with E-state index < -0.39 is 0 Å². The highest BCUT2D eigenvalue weighted by molar-refractivity contribution is 6.20. The van der Waals surface area contributed by atoms with E-state index in [1.807, 2.05) is 0 Å². The first-order chi connectivity index (χ1) is 5.52. The zero-order valence-corrected chi connectivity index (χ0v) is 9.75. The molecule has 12 heavy (non-hydrogen) atoms. The average Bonchev–Trinajstić information content (AvgIpc) is 1.85. The summed E-state index contributed by atoms with van der Waals surface area (Å²) in [7, 11) is 0. The second-order valence-electron chi connectivity index (χ2n) is 4.56. The van der Waals surface area contributed by atoms with Gasteiger partial charge in [0.25, 0.3) is 0 Å². The first kappa shape index (κ1) is 12.3. The molecule has 1 fully saturated rings. The van der Waals surface area contributed by atoms with Gasteiger partial charge in [-0.1, -0.05) is 40.5 Å². The van der Waals surface area contributed by atoms with Crippen LogP contribution in [-0.2, 0) is 0 Å². The van der Waals surface area contributed by atoms with E-state index in [0.717, 1.165) is 0 Å². The van der Waals surface area contributed by atoms with Crippen LogP contribution in [0.3, 0.4) is 0 Å². The maximum absolute atomic E-state index is 6.00. The molecule has 0 radical (unpaired) electrons. The Hall–Kier alpha value is 0.290. The molecule has 0 aromatic rings. The second kappa shape index (κ2) is 5.85. The van der Waals surface area contributed by atoms with Crippen molar-refractivity contribution in [3.8, 4) is 0 Å². The van der Waals surface area contributed by atoms with E-state index in [1.54, 1.807) is 0 Å². The van der Waals surface area contributed by atoms with Crippen molar-refractivity contribution in [3.05, 3.63) is 0 Å². The Bertz CT molecular complexity index is 108. The van der Waals surface area contributed by atoms with Crippen molar-refractivity contribution in [3.63, 3.8) is 0 Å². The van der Waals surface area contributed by atoms with Gasteiger partial charge < -0.3 is 0 Å². The summed E-state index contributed by atoms with van der Waals surface area (Å²) in [5, 5.41) is 0.453. The van der Waals surface area contributed by atoms with E-state index in [-0.39, 0.29) is 0 Å². The van der Waals surface area contributed by atoms with Gasteiger partial charge in [0.2, 0.25) is 0 Å². The second-order valence-corrected chi connectivity index (χ2v) is 5.18. The number of alkyl halides is 1. The third-order valence-electron chi connectivity index (χ3n) is 2.14. The lowest BCUT2D eigenvalue weighted by Crippen LogP contribution is -2.22. The van der Waals surface area contributed by atoms with E-state index in [9.17, 15) is 0 Å². The standard InChI is InChI=1S/C8H15Cl.C3H8/c1-8(2)5-3-4-7(9)6-8;1-3-2/h7H,3-6H2,1-2H3;3H2,1-2H3/t7-;/m0./s1. The Balaban J connectivity index is 0.000000354. The van der Waals surface area contributed by atoms with Crippen molar-refractivity contribution < 1.29 is 0 Å². The molecule has 0 N–H and O–H groups in total. The minimum atomic E-state index is 0.453. The highest BCUT2D eigenvalue weighted by atomic mass is 35.5. The number of rotatable bonds is 0. The zero-order valence-electron chi connectivity index (χ0n) is 8.99. The van der Waals surface area contributed by atoms with Crippen LogP contribution in [0.2, 0.25) is 0 Å². The fourth-order valence-electron chi connectivity index (χ4n) is 1.61. The Labute approximate surface area is 82.7 Å². The normalized spacial score (nSPS) is 27.2. The van der Waals surface area contributed by atoms with E-state index >= 15 is 0 Å². The van der Waals surface area contributed by atoms with Crippen molar-refractivity contribution in [2.45, 2.75) is 65.2 Å². The maximum Gasteiger partial charge on any atom is 0.0341 e. The third-order valence-corrected chi connectivity index (χ3v) is 2.52. The fourth-order valence-corrected chi connectivity index (χ4v) is 2.18. The Morgan fingerprint density at radius 1 is 1.33 bits per heavy atom. The fraction of sp³-hybridized carbons (Fsp3) is 1.00. The average molecular weight is 191 g/mol. The molecule has 0 heterocycles. The molecule has 0 saturated heterocycles. The van der Waals surface area contributed by atoms with Crippen LogP contribution in [0.15, 0.2) is 0 Å². The van der Waals surface area contributed by atoms with Crippen molar-refractivity contribution in [1.29, 1.82) is 0 Å². The van der Waals surface area contributed by atoms with Crippen LogP contribution in [0.5, 0.6) is 0 Å². The Kier molecular flexibility index (Phi) is 6.00. The van der Waals surface area contributed by atoms with Crippen molar-refractivity contribution in [1.82, 2.24) is 0 Å². The zero-order chi connectivity index (χ0) is 9.61. The predicted octanol–water partition coefficient (Wildman–Crippen LogP) is 4.61. The summed E-state index contributed by atoms with van der Waals surface area (Å²) in [6.07, 6.45) is 6.36. The van der Waals surface area contributed by atoms with Crippen LogP contribution in [-0.4, -0.2) is 5.38 Å². The first-order valence-electron chi connectivity index (χ1n) is 5.16. The molecule has 0 amide bonds. The van der Waals surface area contributed by atoms with Gasteiger partial charge in [-0.15, -0.1) is 11.6 Å². The third kappa shape index (κ3) is 5.88.